The lowest BCUT2D eigenvalue weighted by Crippen LogP contribution is -2.47. The molecule has 0 saturated carbocycles. The Bertz CT molecular complexity index is 1070. The third-order valence-electron chi connectivity index (χ3n) is 5.22. The van der Waals surface area contributed by atoms with Gasteiger partial charge in [0, 0.05) is 30.3 Å². The zero-order valence-electron chi connectivity index (χ0n) is 16.7. The average Bonchev–Trinajstić information content (AvgIpc) is 3.28. The van der Waals surface area contributed by atoms with Crippen molar-refractivity contribution in [2.24, 2.45) is 0 Å². The fourth-order valence-electron chi connectivity index (χ4n) is 3.74. The van der Waals surface area contributed by atoms with Gasteiger partial charge < -0.3 is 10.2 Å². The summed E-state index contributed by atoms with van der Waals surface area (Å²) in [6.45, 7) is 1.20. The SMILES string of the molecule is CC1CC(=O)Nc2ccccc2N1C(=O)CN1C(=O)C(=O)N(CCc2cccs2)C1=O. The van der Waals surface area contributed by atoms with Gasteiger partial charge in [0.15, 0.2) is 0 Å². The van der Waals surface area contributed by atoms with Crippen LogP contribution in [0.3, 0.4) is 0 Å². The Morgan fingerprint density at radius 1 is 1.06 bits per heavy atom. The van der Waals surface area contributed by atoms with Crippen LogP contribution in [-0.4, -0.2) is 58.6 Å². The Hall–Kier alpha value is -3.53. The predicted octanol–water partition coefficient (Wildman–Crippen LogP) is 1.85. The lowest BCUT2D eigenvalue weighted by atomic mass is 10.1. The van der Waals surface area contributed by atoms with E-state index in [1.165, 1.54) is 16.2 Å². The molecule has 1 saturated heterocycles. The number of benzene rings is 1. The van der Waals surface area contributed by atoms with Crippen molar-refractivity contribution >= 4 is 52.4 Å². The quantitative estimate of drug-likeness (QED) is 0.564. The molecule has 2 aromatic rings. The number of carbonyl (C=O) groups excluding carboxylic acids is 5. The normalized spacial score (nSPS) is 18.9. The fourth-order valence-corrected chi connectivity index (χ4v) is 4.44. The largest absolute Gasteiger partial charge is 0.334 e. The monoisotopic (exact) mass is 440 g/mol. The third kappa shape index (κ3) is 3.93. The van der Waals surface area contributed by atoms with E-state index in [1.807, 2.05) is 17.5 Å². The first-order chi connectivity index (χ1) is 14.9. The van der Waals surface area contributed by atoms with E-state index >= 15 is 0 Å². The Kier molecular flexibility index (Phi) is 5.55. The summed E-state index contributed by atoms with van der Waals surface area (Å²) in [5.74, 6) is -2.74. The van der Waals surface area contributed by atoms with Crippen LogP contribution in [0.4, 0.5) is 16.2 Å². The van der Waals surface area contributed by atoms with Gasteiger partial charge in [-0.05, 0) is 30.5 Å². The molecule has 6 amide bonds. The summed E-state index contributed by atoms with van der Waals surface area (Å²) in [7, 11) is 0. The minimum Gasteiger partial charge on any atom is -0.324 e. The van der Waals surface area contributed by atoms with Crippen LogP contribution in [0.15, 0.2) is 41.8 Å². The van der Waals surface area contributed by atoms with Gasteiger partial charge in [-0.2, -0.15) is 0 Å². The summed E-state index contributed by atoms with van der Waals surface area (Å²) < 4.78 is 0. The second-order valence-corrected chi connectivity index (χ2v) is 8.37. The Morgan fingerprint density at radius 3 is 2.55 bits per heavy atom. The first kappa shape index (κ1) is 20.7. The number of para-hydroxylation sites is 2. The maximum Gasteiger partial charge on any atom is 0.334 e. The van der Waals surface area contributed by atoms with Crippen molar-refractivity contribution in [1.29, 1.82) is 0 Å². The summed E-state index contributed by atoms with van der Waals surface area (Å²) in [5, 5.41) is 4.64. The summed E-state index contributed by atoms with van der Waals surface area (Å²) >= 11 is 1.49. The van der Waals surface area contributed by atoms with Crippen LogP contribution in [0.2, 0.25) is 0 Å². The smallest absolute Gasteiger partial charge is 0.324 e. The minimum absolute atomic E-state index is 0.0637. The molecule has 1 aromatic heterocycles. The van der Waals surface area contributed by atoms with Gasteiger partial charge >= 0.3 is 17.8 Å². The second kappa shape index (κ2) is 8.31. The van der Waals surface area contributed by atoms with E-state index < -0.39 is 36.3 Å². The molecule has 2 aliphatic rings. The number of fused-ring (bicyclic) bond motifs is 1. The van der Waals surface area contributed by atoms with E-state index in [0.717, 1.165) is 9.78 Å². The van der Waals surface area contributed by atoms with Gasteiger partial charge in [0.1, 0.15) is 6.54 Å². The van der Waals surface area contributed by atoms with E-state index in [9.17, 15) is 24.0 Å². The lowest BCUT2D eigenvalue weighted by molar-refractivity contribution is -0.143. The topological polar surface area (TPSA) is 107 Å². The molecule has 1 atom stereocenters. The van der Waals surface area contributed by atoms with Crippen LogP contribution in [0.5, 0.6) is 0 Å². The molecule has 1 fully saturated rings. The number of carbonyl (C=O) groups is 5. The van der Waals surface area contributed by atoms with Crippen LogP contribution in [-0.2, 0) is 25.6 Å². The van der Waals surface area contributed by atoms with Gasteiger partial charge in [0.2, 0.25) is 11.8 Å². The number of rotatable bonds is 5. The highest BCUT2D eigenvalue weighted by atomic mass is 32.1. The summed E-state index contributed by atoms with van der Waals surface area (Å²) in [6, 6.07) is 9.27. The van der Waals surface area contributed by atoms with Crippen molar-refractivity contribution in [2.45, 2.75) is 25.8 Å². The highest BCUT2D eigenvalue weighted by Crippen LogP contribution is 2.31. The summed E-state index contributed by atoms with van der Waals surface area (Å²) in [4.78, 5) is 66.7. The maximum absolute atomic E-state index is 13.1. The molecule has 0 bridgehead atoms. The first-order valence-electron chi connectivity index (χ1n) is 9.77. The Labute approximate surface area is 182 Å². The van der Waals surface area contributed by atoms with Gasteiger partial charge in [-0.1, -0.05) is 18.2 Å². The molecule has 0 aliphatic carbocycles. The number of nitrogens with one attached hydrogen (secondary N) is 1. The molecule has 10 heteroatoms. The Balaban J connectivity index is 1.52. The van der Waals surface area contributed by atoms with Gasteiger partial charge in [-0.3, -0.25) is 24.1 Å². The van der Waals surface area contributed by atoms with E-state index in [2.05, 4.69) is 5.32 Å². The zero-order valence-corrected chi connectivity index (χ0v) is 17.6. The average molecular weight is 440 g/mol. The van der Waals surface area contributed by atoms with Crippen LogP contribution < -0.4 is 10.2 Å². The van der Waals surface area contributed by atoms with E-state index in [0.29, 0.717) is 22.7 Å². The van der Waals surface area contributed by atoms with E-state index in [4.69, 9.17) is 0 Å². The number of anilines is 2. The molecule has 0 radical (unpaired) electrons. The number of nitrogens with zero attached hydrogens (tertiary/aromatic N) is 3. The fraction of sp³-hybridized carbons (Fsp3) is 0.286. The third-order valence-corrected chi connectivity index (χ3v) is 6.15. The molecule has 9 nitrogen and oxygen atoms in total. The van der Waals surface area contributed by atoms with Crippen LogP contribution in [0.1, 0.15) is 18.2 Å². The highest BCUT2D eigenvalue weighted by Gasteiger charge is 2.46. The van der Waals surface area contributed by atoms with Crippen molar-refractivity contribution in [1.82, 2.24) is 9.80 Å². The maximum atomic E-state index is 13.1. The zero-order chi connectivity index (χ0) is 22.1. The molecular weight excluding hydrogens is 420 g/mol. The second-order valence-electron chi connectivity index (χ2n) is 7.34. The first-order valence-corrected chi connectivity index (χ1v) is 10.7. The molecule has 160 valence electrons. The molecule has 2 aliphatic heterocycles. The minimum atomic E-state index is -1.02. The number of urea groups is 1. The van der Waals surface area contributed by atoms with Gasteiger partial charge in [0.25, 0.3) is 0 Å². The van der Waals surface area contributed by atoms with Crippen molar-refractivity contribution in [3.05, 3.63) is 46.7 Å². The molecule has 4 rings (SSSR count). The molecule has 31 heavy (non-hydrogen) atoms. The highest BCUT2D eigenvalue weighted by molar-refractivity contribution is 7.09. The standard InChI is InChI=1S/C21H20N4O5S/c1-13-11-17(26)22-15-6-2-3-7-16(15)25(13)18(27)12-24-20(29)19(28)23(21(24)30)9-8-14-5-4-10-31-14/h2-7,10,13H,8-9,11-12H2,1H3,(H,22,26). The lowest BCUT2D eigenvalue weighted by Gasteiger charge is -2.29. The number of imide groups is 2. The molecule has 1 N–H and O–H groups in total. The summed E-state index contributed by atoms with van der Waals surface area (Å²) in [6.07, 6.45) is 0.503. The molecular formula is C21H20N4O5S. The molecule has 3 heterocycles. The van der Waals surface area contributed by atoms with Gasteiger partial charge in [0.05, 0.1) is 11.4 Å². The number of thiophene rings is 1. The Morgan fingerprint density at radius 2 is 1.81 bits per heavy atom. The van der Waals surface area contributed by atoms with Crippen molar-refractivity contribution in [3.8, 4) is 0 Å². The molecule has 1 unspecified atom stereocenters. The van der Waals surface area contributed by atoms with Crippen molar-refractivity contribution in [3.63, 3.8) is 0 Å². The molecule has 1 aromatic carbocycles. The number of hydrogen-bond donors (Lipinski definition) is 1. The van der Waals surface area contributed by atoms with E-state index in [1.54, 1.807) is 31.2 Å². The predicted molar refractivity (Wildman–Crippen MR) is 113 cm³/mol. The molecule has 0 spiro atoms. The number of amides is 6. The van der Waals surface area contributed by atoms with Crippen LogP contribution >= 0.6 is 11.3 Å². The number of hydrogen-bond acceptors (Lipinski definition) is 6. The van der Waals surface area contributed by atoms with Crippen LogP contribution in [0, 0.1) is 0 Å². The van der Waals surface area contributed by atoms with Gasteiger partial charge in [-0.15, -0.1) is 11.3 Å². The summed E-state index contributed by atoms with van der Waals surface area (Å²) in [5.41, 5.74) is 0.948. The van der Waals surface area contributed by atoms with Gasteiger partial charge in [-0.25, -0.2) is 9.69 Å². The van der Waals surface area contributed by atoms with E-state index in [-0.39, 0.29) is 18.9 Å². The van der Waals surface area contributed by atoms with Crippen LogP contribution in [0.25, 0.3) is 0 Å². The van der Waals surface area contributed by atoms with Crippen molar-refractivity contribution < 1.29 is 24.0 Å². The van der Waals surface area contributed by atoms with Crippen molar-refractivity contribution in [2.75, 3.05) is 23.3 Å².